The van der Waals surface area contributed by atoms with Crippen LogP contribution in [0.3, 0.4) is 0 Å². The molecule has 0 radical (unpaired) electrons. The van der Waals surface area contributed by atoms with Crippen molar-refractivity contribution in [3.63, 3.8) is 0 Å². The van der Waals surface area contributed by atoms with Gasteiger partial charge in [-0.25, -0.2) is 0 Å². The molecule has 170 valence electrons. The Balaban J connectivity index is 1.51. The molecule has 2 aromatic rings. The van der Waals surface area contributed by atoms with Gasteiger partial charge in [0.1, 0.15) is 0 Å². The SMILES string of the molecule is Cc1ccccc1CN1CCCN(C(=O)c2cc([N+](=O)[O-])ccc2N2CCCCC2)CC1. The summed E-state index contributed by atoms with van der Waals surface area (Å²) < 4.78 is 0. The number of amides is 1. The van der Waals surface area contributed by atoms with Crippen LogP contribution in [0.4, 0.5) is 11.4 Å². The lowest BCUT2D eigenvalue weighted by Gasteiger charge is -2.31. The quantitative estimate of drug-likeness (QED) is 0.518. The number of carbonyl (C=O) groups is 1. The van der Waals surface area contributed by atoms with Gasteiger partial charge in [0.25, 0.3) is 11.6 Å². The number of nitrogens with zero attached hydrogens (tertiary/aromatic N) is 4. The number of benzene rings is 2. The summed E-state index contributed by atoms with van der Waals surface area (Å²) in [6.45, 7) is 7.83. The van der Waals surface area contributed by atoms with E-state index in [1.165, 1.54) is 29.7 Å². The van der Waals surface area contributed by atoms with E-state index in [0.717, 1.165) is 57.7 Å². The molecule has 2 aromatic carbocycles. The van der Waals surface area contributed by atoms with Gasteiger partial charge < -0.3 is 9.80 Å². The third kappa shape index (κ3) is 5.10. The maximum atomic E-state index is 13.6. The molecule has 7 heteroatoms. The van der Waals surface area contributed by atoms with Crippen molar-refractivity contribution in [3.8, 4) is 0 Å². The Kier molecular flexibility index (Phi) is 7.05. The first kappa shape index (κ1) is 22.3. The van der Waals surface area contributed by atoms with E-state index in [4.69, 9.17) is 0 Å². The zero-order valence-corrected chi connectivity index (χ0v) is 18.8. The molecule has 0 unspecified atom stereocenters. The molecule has 2 saturated heterocycles. The van der Waals surface area contributed by atoms with Crippen LogP contribution in [-0.2, 0) is 6.54 Å². The summed E-state index contributed by atoms with van der Waals surface area (Å²) >= 11 is 0. The molecule has 2 fully saturated rings. The molecular formula is C25H32N4O3. The Bertz CT molecular complexity index is 971. The number of non-ortho nitro benzene ring substituents is 1. The van der Waals surface area contributed by atoms with E-state index in [9.17, 15) is 14.9 Å². The van der Waals surface area contributed by atoms with Gasteiger partial charge in [-0.3, -0.25) is 19.8 Å². The molecule has 2 heterocycles. The lowest BCUT2D eigenvalue weighted by molar-refractivity contribution is -0.384. The Morgan fingerprint density at radius 2 is 1.72 bits per heavy atom. The predicted molar refractivity (Wildman–Crippen MR) is 126 cm³/mol. The minimum absolute atomic E-state index is 0.0230. The molecule has 0 atom stereocenters. The maximum absolute atomic E-state index is 13.6. The highest BCUT2D eigenvalue weighted by molar-refractivity contribution is 6.00. The number of rotatable bonds is 5. The van der Waals surface area contributed by atoms with Gasteiger partial charge in [-0.1, -0.05) is 24.3 Å². The van der Waals surface area contributed by atoms with Crippen molar-refractivity contribution in [3.05, 3.63) is 69.3 Å². The molecule has 0 N–H and O–H groups in total. The van der Waals surface area contributed by atoms with Crippen molar-refractivity contribution in [2.75, 3.05) is 44.2 Å². The smallest absolute Gasteiger partial charge is 0.270 e. The van der Waals surface area contributed by atoms with Crippen molar-refractivity contribution >= 4 is 17.3 Å². The summed E-state index contributed by atoms with van der Waals surface area (Å²) in [5.74, 6) is -0.0907. The summed E-state index contributed by atoms with van der Waals surface area (Å²) in [7, 11) is 0. The van der Waals surface area contributed by atoms with Gasteiger partial charge in [-0.2, -0.15) is 0 Å². The van der Waals surface area contributed by atoms with E-state index in [0.29, 0.717) is 18.7 Å². The van der Waals surface area contributed by atoms with Crippen LogP contribution in [0.15, 0.2) is 42.5 Å². The number of nitro benzene ring substituents is 1. The first-order valence-corrected chi connectivity index (χ1v) is 11.6. The van der Waals surface area contributed by atoms with Crippen LogP contribution >= 0.6 is 0 Å². The largest absolute Gasteiger partial charge is 0.371 e. The summed E-state index contributed by atoms with van der Waals surface area (Å²) in [5, 5.41) is 11.4. The molecule has 32 heavy (non-hydrogen) atoms. The monoisotopic (exact) mass is 436 g/mol. The number of aryl methyl sites for hydroxylation is 1. The molecular weight excluding hydrogens is 404 g/mol. The van der Waals surface area contributed by atoms with Crippen molar-refractivity contribution in [1.29, 1.82) is 0 Å². The van der Waals surface area contributed by atoms with Gasteiger partial charge >= 0.3 is 0 Å². The topological polar surface area (TPSA) is 69.9 Å². The lowest BCUT2D eigenvalue weighted by atomic mass is 10.1. The lowest BCUT2D eigenvalue weighted by Crippen LogP contribution is -2.37. The second kappa shape index (κ2) is 10.1. The van der Waals surface area contributed by atoms with Crippen molar-refractivity contribution in [2.24, 2.45) is 0 Å². The fourth-order valence-electron chi connectivity index (χ4n) is 4.75. The highest BCUT2D eigenvalue weighted by atomic mass is 16.6. The Morgan fingerprint density at radius 1 is 0.938 bits per heavy atom. The van der Waals surface area contributed by atoms with Crippen molar-refractivity contribution in [2.45, 2.75) is 39.2 Å². The van der Waals surface area contributed by atoms with Crippen LogP contribution in [0.2, 0.25) is 0 Å². The van der Waals surface area contributed by atoms with E-state index in [1.807, 2.05) is 4.90 Å². The van der Waals surface area contributed by atoms with Crippen LogP contribution < -0.4 is 4.90 Å². The Labute approximate surface area is 189 Å². The molecule has 0 aromatic heterocycles. The van der Waals surface area contributed by atoms with Gasteiger partial charge in [-0.05, 0) is 49.8 Å². The number of hydrogen-bond donors (Lipinski definition) is 0. The molecule has 4 rings (SSSR count). The van der Waals surface area contributed by atoms with Crippen LogP contribution in [0.25, 0.3) is 0 Å². The van der Waals surface area contributed by atoms with E-state index in [2.05, 4.69) is 41.0 Å². The summed E-state index contributed by atoms with van der Waals surface area (Å²) in [4.78, 5) is 31.0. The normalized spacial score (nSPS) is 17.8. The summed E-state index contributed by atoms with van der Waals surface area (Å²) in [6.07, 6.45) is 4.26. The van der Waals surface area contributed by atoms with Crippen LogP contribution in [0.5, 0.6) is 0 Å². The molecule has 0 spiro atoms. The summed E-state index contributed by atoms with van der Waals surface area (Å²) in [5.41, 5.74) is 3.88. The second-order valence-corrected chi connectivity index (χ2v) is 8.85. The maximum Gasteiger partial charge on any atom is 0.270 e. The van der Waals surface area contributed by atoms with Crippen molar-refractivity contribution in [1.82, 2.24) is 9.80 Å². The molecule has 2 aliphatic heterocycles. The van der Waals surface area contributed by atoms with Crippen LogP contribution in [-0.4, -0.2) is 59.9 Å². The second-order valence-electron chi connectivity index (χ2n) is 8.85. The average molecular weight is 437 g/mol. The number of nitro groups is 1. The highest BCUT2D eigenvalue weighted by Gasteiger charge is 2.27. The van der Waals surface area contributed by atoms with Gasteiger partial charge in [0.15, 0.2) is 0 Å². The number of hydrogen-bond acceptors (Lipinski definition) is 5. The third-order valence-corrected chi connectivity index (χ3v) is 6.65. The Morgan fingerprint density at radius 3 is 2.47 bits per heavy atom. The third-order valence-electron chi connectivity index (χ3n) is 6.65. The van der Waals surface area contributed by atoms with E-state index >= 15 is 0 Å². The zero-order valence-electron chi connectivity index (χ0n) is 18.8. The van der Waals surface area contributed by atoms with Gasteiger partial charge in [0, 0.05) is 57.9 Å². The molecule has 0 aliphatic carbocycles. The number of anilines is 1. The first-order valence-electron chi connectivity index (χ1n) is 11.6. The van der Waals surface area contributed by atoms with Crippen molar-refractivity contribution < 1.29 is 9.72 Å². The van der Waals surface area contributed by atoms with E-state index in [-0.39, 0.29) is 11.6 Å². The van der Waals surface area contributed by atoms with Crippen LogP contribution in [0, 0.1) is 17.0 Å². The zero-order chi connectivity index (χ0) is 22.5. The minimum atomic E-state index is -0.414. The fourth-order valence-corrected chi connectivity index (χ4v) is 4.75. The molecule has 0 saturated carbocycles. The molecule has 0 bridgehead atoms. The molecule has 1 amide bonds. The predicted octanol–water partition coefficient (Wildman–Crippen LogP) is 4.24. The van der Waals surface area contributed by atoms with Crippen LogP contribution in [0.1, 0.15) is 47.2 Å². The Hall–Kier alpha value is -2.93. The fraction of sp³-hybridized carbons (Fsp3) is 0.480. The molecule has 7 nitrogen and oxygen atoms in total. The minimum Gasteiger partial charge on any atom is -0.371 e. The van der Waals surface area contributed by atoms with E-state index < -0.39 is 4.92 Å². The average Bonchev–Trinajstić information content (AvgIpc) is 3.06. The first-order chi connectivity index (χ1) is 15.5. The molecule has 2 aliphatic rings. The van der Waals surface area contributed by atoms with E-state index in [1.54, 1.807) is 6.07 Å². The van der Waals surface area contributed by atoms with Gasteiger partial charge in [-0.15, -0.1) is 0 Å². The van der Waals surface area contributed by atoms with Gasteiger partial charge in [0.2, 0.25) is 0 Å². The standard InChI is InChI=1S/C25H32N4O3/c1-20-8-3-4-9-21(20)19-26-12-7-15-28(17-16-26)25(30)23-18-22(29(31)32)10-11-24(23)27-13-5-2-6-14-27/h3-4,8-11,18H,2,5-7,12-17,19H2,1H3. The number of carbonyl (C=O) groups excluding carboxylic acids is 1. The number of piperidine rings is 1. The highest BCUT2D eigenvalue weighted by Crippen LogP contribution is 2.29. The summed E-state index contributed by atoms with van der Waals surface area (Å²) in [6, 6.07) is 13.2. The van der Waals surface area contributed by atoms with Gasteiger partial charge in [0.05, 0.1) is 16.2 Å².